The van der Waals surface area contributed by atoms with Gasteiger partial charge in [0.2, 0.25) is 0 Å². The predicted octanol–water partition coefficient (Wildman–Crippen LogP) is 5.72. The number of ether oxygens (including phenoxy) is 3. The van der Waals surface area contributed by atoms with E-state index < -0.39 is 0 Å². The van der Waals surface area contributed by atoms with E-state index in [4.69, 9.17) is 19.2 Å². The molecule has 0 aliphatic carbocycles. The molecule has 4 aromatic rings. The van der Waals surface area contributed by atoms with Crippen LogP contribution in [-0.2, 0) is 6.54 Å². The fraction of sp³-hybridized carbons (Fsp3) is 0.286. The van der Waals surface area contributed by atoms with Crippen LogP contribution < -0.4 is 19.8 Å². The zero-order valence-corrected chi connectivity index (χ0v) is 19.7. The summed E-state index contributed by atoms with van der Waals surface area (Å²) in [5.41, 5.74) is 1.60. The second-order valence-corrected chi connectivity index (χ2v) is 8.05. The van der Waals surface area contributed by atoms with Gasteiger partial charge in [0.05, 0.1) is 31.7 Å². The Kier molecular flexibility index (Phi) is 7.81. The van der Waals surface area contributed by atoms with Gasteiger partial charge in [0, 0.05) is 12.1 Å². The summed E-state index contributed by atoms with van der Waals surface area (Å²) in [6, 6.07) is 22.9. The van der Waals surface area contributed by atoms with Crippen LogP contribution in [-0.4, -0.2) is 30.4 Å². The van der Waals surface area contributed by atoms with Crippen molar-refractivity contribution in [3.05, 3.63) is 83.2 Å². The lowest BCUT2D eigenvalue weighted by Crippen LogP contribution is -2.23. The van der Waals surface area contributed by atoms with E-state index in [9.17, 15) is 4.79 Å². The Morgan fingerprint density at radius 2 is 1.47 bits per heavy atom. The van der Waals surface area contributed by atoms with Crippen molar-refractivity contribution in [3.8, 4) is 28.6 Å². The van der Waals surface area contributed by atoms with Gasteiger partial charge in [-0.1, -0.05) is 37.1 Å². The van der Waals surface area contributed by atoms with Crippen molar-refractivity contribution in [1.29, 1.82) is 0 Å². The molecular formula is C28H30N2O4. The molecule has 0 N–H and O–H groups in total. The van der Waals surface area contributed by atoms with Crippen molar-refractivity contribution >= 4 is 10.9 Å². The number of benzene rings is 3. The zero-order valence-electron chi connectivity index (χ0n) is 19.7. The quantitative estimate of drug-likeness (QED) is 0.269. The van der Waals surface area contributed by atoms with E-state index in [1.165, 1.54) is 0 Å². The van der Waals surface area contributed by atoms with Gasteiger partial charge in [0.15, 0.2) is 11.5 Å². The topological polar surface area (TPSA) is 62.6 Å². The van der Waals surface area contributed by atoms with Crippen LogP contribution in [0.25, 0.3) is 22.3 Å². The van der Waals surface area contributed by atoms with E-state index >= 15 is 0 Å². The first-order valence-corrected chi connectivity index (χ1v) is 11.6. The molecule has 0 aliphatic heterocycles. The molecule has 6 nitrogen and oxygen atoms in total. The molecule has 0 aliphatic rings. The largest absolute Gasteiger partial charge is 0.497 e. The smallest absolute Gasteiger partial charge is 0.261 e. The predicted molar refractivity (Wildman–Crippen MR) is 135 cm³/mol. The van der Waals surface area contributed by atoms with E-state index in [1.807, 2.05) is 72.8 Å². The summed E-state index contributed by atoms with van der Waals surface area (Å²) in [5.74, 6) is 2.97. The molecule has 0 saturated carbocycles. The first-order valence-electron chi connectivity index (χ1n) is 11.6. The van der Waals surface area contributed by atoms with Gasteiger partial charge in [0.1, 0.15) is 11.6 Å². The van der Waals surface area contributed by atoms with Crippen molar-refractivity contribution in [2.75, 3.05) is 20.8 Å². The molecule has 0 radical (unpaired) electrons. The number of para-hydroxylation sites is 3. The van der Waals surface area contributed by atoms with Crippen LogP contribution in [0.3, 0.4) is 0 Å². The first kappa shape index (κ1) is 23.4. The Bertz CT molecular complexity index is 1280. The molecule has 0 bridgehead atoms. The minimum atomic E-state index is -0.00377. The molecule has 0 unspecified atom stereocenters. The Labute approximate surface area is 199 Å². The number of aromatic nitrogens is 2. The Morgan fingerprint density at radius 1 is 0.765 bits per heavy atom. The van der Waals surface area contributed by atoms with Crippen LogP contribution in [0, 0.1) is 0 Å². The first-order chi connectivity index (χ1) is 16.7. The van der Waals surface area contributed by atoms with Gasteiger partial charge in [-0.15, -0.1) is 0 Å². The molecule has 0 spiro atoms. The molecule has 1 heterocycles. The number of nitrogens with zero attached hydrogens (tertiary/aromatic N) is 2. The third-order valence-corrected chi connectivity index (χ3v) is 5.81. The molecule has 6 heteroatoms. The normalized spacial score (nSPS) is 10.9. The summed E-state index contributed by atoms with van der Waals surface area (Å²) in [6.07, 6.45) is 3.84. The lowest BCUT2D eigenvalue weighted by Gasteiger charge is -2.14. The highest BCUT2D eigenvalue weighted by Gasteiger charge is 2.13. The standard InChI is InChI=1S/C28H30N2O4/c1-32-22-17-15-21(16-18-22)27-29-24-12-6-5-11-23(24)28(31)30(27)19-9-3-4-10-20-34-26-14-8-7-13-25(26)33-2/h5-8,11-18H,3-4,9-10,19-20H2,1-2H3. The van der Waals surface area contributed by atoms with Crippen molar-refractivity contribution in [3.63, 3.8) is 0 Å². The monoisotopic (exact) mass is 458 g/mol. The van der Waals surface area contributed by atoms with E-state index in [0.717, 1.165) is 48.5 Å². The highest BCUT2D eigenvalue weighted by atomic mass is 16.5. The number of fused-ring (bicyclic) bond motifs is 1. The summed E-state index contributed by atoms with van der Waals surface area (Å²) in [5, 5.41) is 0.643. The molecule has 0 amide bonds. The molecule has 4 rings (SSSR count). The molecule has 0 atom stereocenters. The second kappa shape index (κ2) is 11.4. The number of hydrogen-bond acceptors (Lipinski definition) is 5. The summed E-state index contributed by atoms with van der Waals surface area (Å²) >= 11 is 0. The fourth-order valence-electron chi connectivity index (χ4n) is 3.98. The average molecular weight is 459 g/mol. The second-order valence-electron chi connectivity index (χ2n) is 8.05. The summed E-state index contributed by atoms with van der Waals surface area (Å²) in [6.45, 7) is 1.25. The molecule has 0 fully saturated rings. The van der Waals surface area contributed by atoms with Gasteiger partial charge in [-0.05, 0) is 61.4 Å². The maximum Gasteiger partial charge on any atom is 0.261 e. The molecule has 3 aromatic carbocycles. The zero-order chi connectivity index (χ0) is 23.8. The maximum absolute atomic E-state index is 13.3. The molecule has 0 saturated heterocycles. The summed E-state index contributed by atoms with van der Waals surface area (Å²) < 4.78 is 18.3. The van der Waals surface area contributed by atoms with Crippen LogP contribution in [0.15, 0.2) is 77.6 Å². The van der Waals surface area contributed by atoms with Crippen LogP contribution >= 0.6 is 0 Å². The van der Waals surface area contributed by atoms with Crippen molar-refractivity contribution in [2.45, 2.75) is 32.2 Å². The van der Waals surface area contributed by atoms with E-state index in [1.54, 1.807) is 18.8 Å². The molecule has 34 heavy (non-hydrogen) atoms. The average Bonchev–Trinajstić information content (AvgIpc) is 2.89. The van der Waals surface area contributed by atoms with Crippen LogP contribution in [0.4, 0.5) is 0 Å². The van der Waals surface area contributed by atoms with Gasteiger partial charge < -0.3 is 14.2 Å². The number of unbranched alkanes of at least 4 members (excludes halogenated alkanes) is 3. The van der Waals surface area contributed by atoms with E-state index in [2.05, 4.69) is 0 Å². The Balaban J connectivity index is 1.40. The van der Waals surface area contributed by atoms with Gasteiger partial charge in [-0.2, -0.15) is 0 Å². The highest BCUT2D eigenvalue weighted by molar-refractivity contribution is 5.79. The van der Waals surface area contributed by atoms with Gasteiger partial charge in [-0.25, -0.2) is 4.98 Å². The Hall–Kier alpha value is -3.80. The van der Waals surface area contributed by atoms with Gasteiger partial charge >= 0.3 is 0 Å². The maximum atomic E-state index is 13.3. The number of rotatable bonds is 11. The minimum absolute atomic E-state index is 0.00377. The van der Waals surface area contributed by atoms with Crippen LogP contribution in [0.5, 0.6) is 17.2 Å². The lowest BCUT2D eigenvalue weighted by molar-refractivity contribution is 0.284. The van der Waals surface area contributed by atoms with Crippen LogP contribution in [0.2, 0.25) is 0 Å². The van der Waals surface area contributed by atoms with Crippen LogP contribution in [0.1, 0.15) is 25.7 Å². The minimum Gasteiger partial charge on any atom is -0.497 e. The number of methoxy groups -OCH3 is 2. The van der Waals surface area contributed by atoms with Gasteiger partial charge in [-0.3, -0.25) is 9.36 Å². The third kappa shape index (κ3) is 5.39. The van der Waals surface area contributed by atoms with Gasteiger partial charge in [0.25, 0.3) is 5.56 Å². The summed E-state index contributed by atoms with van der Waals surface area (Å²) in [4.78, 5) is 18.1. The third-order valence-electron chi connectivity index (χ3n) is 5.81. The van der Waals surface area contributed by atoms with Crippen molar-refractivity contribution in [1.82, 2.24) is 9.55 Å². The Morgan fingerprint density at radius 3 is 2.24 bits per heavy atom. The fourth-order valence-corrected chi connectivity index (χ4v) is 3.98. The SMILES string of the molecule is COc1ccc(-c2nc3ccccc3c(=O)n2CCCCCCOc2ccccc2OC)cc1. The van der Waals surface area contributed by atoms with E-state index in [-0.39, 0.29) is 5.56 Å². The summed E-state index contributed by atoms with van der Waals surface area (Å²) in [7, 11) is 3.28. The lowest BCUT2D eigenvalue weighted by atomic mass is 10.1. The van der Waals surface area contributed by atoms with E-state index in [0.29, 0.717) is 29.9 Å². The molecular weight excluding hydrogens is 428 g/mol. The van der Waals surface area contributed by atoms with Crippen molar-refractivity contribution < 1.29 is 14.2 Å². The number of hydrogen-bond donors (Lipinski definition) is 0. The molecule has 176 valence electrons. The van der Waals surface area contributed by atoms with Crippen molar-refractivity contribution in [2.24, 2.45) is 0 Å². The highest BCUT2D eigenvalue weighted by Crippen LogP contribution is 2.26. The molecule has 1 aromatic heterocycles.